The standard InChI is InChI=1S/C15H18F2N2O2S/c1-9(2)6-18-14(20)13-7-22-8-19(13)15(21)10-3-11(16)5-12(17)4-10/h3-5,9,13H,6-8H2,1-2H3,(H,18,20). The first-order valence-electron chi connectivity index (χ1n) is 7.01. The third-order valence-electron chi connectivity index (χ3n) is 3.24. The van der Waals surface area contributed by atoms with Crippen LogP contribution in [-0.4, -0.2) is 40.9 Å². The Bertz CT molecular complexity index is 560. The molecule has 0 aliphatic carbocycles. The number of carbonyl (C=O) groups is 2. The van der Waals surface area contributed by atoms with Crippen LogP contribution in [0.3, 0.4) is 0 Å². The van der Waals surface area contributed by atoms with Gasteiger partial charge in [0.15, 0.2) is 0 Å². The van der Waals surface area contributed by atoms with Crippen LogP contribution in [0.2, 0.25) is 0 Å². The number of thioether (sulfide) groups is 1. The van der Waals surface area contributed by atoms with Crippen LogP contribution in [-0.2, 0) is 4.79 Å². The van der Waals surface area contributed by atoms with Crippen LogP contribution in [0.4, 0.5) is 8.78 Å². The summed E-state index contributed by atoms with van der Waals surface area (Å²) >= 11 is 1.44. The molecule has 2 amide bonds. The minimum absolute atomic E-state index is 0.0818. The summed E-state index contributed by atoms with van der Waals surface area (Å²) in [5.41, 5.74) is -0.0818. The molecule has 0 aromatic heterocycles. The molecule has 1 heterocycles. The molecule has 1 unspecified atom stereocenters. The van der Waals surface area contributed by atoms with Gasteiger partial charge < -0.3 is 10.2 Å². The molecule has 1 atom stereocenters. The van der Waals surface area contributed by atoms with E-state index in [-0.39, 0.29) is 11.5 Å². The van der Waals surface area contributed by atoms with Gasteiger partial charge in [-0.05, 0) is 18.1 Å². The SMILES string of the molecule is CC(C)CNC(=O)C1CSCN1C(=O)c1cc(F)cc(F)c1. The van der Waals surface area contributed by atoms with Crippen LogP contribution in [0, 0.1) is 17.6 Å². The van der Waals surface area contributed by atoms with Gasteiger partial charge in [-0.1, -0.05) is 13.8 Å². The smallest absolute Gasteiger partial charge is 0.255 e. The van der Waals surface area contributed by atoms with E-state index in [1.54, 1.807) is 0 Å². The first kappa shape index (κ1) is 16.7. The predicted molar refractivity (Wildman–Crippen MR) is 81.5 cm³/mol. The molecular weight excluding hydrogens is 310 g/mol. The maximum atomic E-state index is 13.2. The van der Waals surface area contributed by atoms with Crippen molar-refractivity contribution in [2.75, 3.05) is 18.2 Å². The fourth-order valence-electron chi connectivity index (χ4n) is 2.13. The summed E-state index contributed by atoms with van der Waals surface area (Å²) in [6, 6.07) is 2.07. The van der Waals surface area contributed by atoms with Crippen LogP contribution in [0.15, 0.2) is 18.2 Å². The fraction of sp³-hybridized carbons (Fsp3) is 0.467. The Morgan fingerprint density at radius 3 is 2.55 bits per heavy atom. The predicted octanol–water partition coefficient (Wildman–Crippen LogP) is 2.25. The van der Waals surface area contributed by atoms with Crippen molar-refractivity contribution >= 4 is 23.6 Å². The summed E-state index contributed by atoms with van der Waals surface area (Å²) in [6.45, 7) is 4.47. The lowest BCUT2D eigenvalue weighted by Crippen LogP contribution is -2.48. The average molecular weight is 328 g/mol. The number of amides is 2. The second-order valence-corrected chi connectivity index (χ2v) is 6.59. The van der Waals surface area contributed by atoms with Crippen molar-refractivity contribution in [3.8, 4) is 0 Å². The largest absolute Gasteiger partial charge is 0.354 e. The Hall–Kier alpha value is -1.63. The zero-order chi connectivity index (χ0) is 16.3. The maximum absolute atomic E-state index is 13.2. The summed E-state index contributed by atoms with van der Waals surface area (Å²) in [4.78, 5) is 25.9. The monoisotopic (exact) mass is 328 g/mol. The van der Waals surface area contributed by atoms with Gasteiger partial charge in [0.25, 0.3) is 5.91 Å². The molecule has 1 fully saturated rings. The third-order valence-corrected chi connectivity index (χ3v) is 4.25. The van der Waals surface area contributed by atoms with Gasteiger partial charge in [-0.25, -0.2) is 8.78 Å². The maximum Gasteiger partial charge on any atom is 0.255 e. The van der Waals surface area contributed by atoms with Crippen molar-refractivity contribution in [3.05, 3.63) is 35.4 Å². The third kappa shape index (κ3) is 3.97. The molecule has 1 N–H and O–H groups in total. The lowest BCUT2D eigenvalue weighted by Gasteiger charge is -2.23. The molecule has 7 heteroatoms. The Labute approximate surface area is 132 Å². The van der Waals surface area contributed by atoms with E-state index in [1.807, 2.05) is 13.8 Å². The number of nitrogens with zero attached hydrogens (tertiary/aromatic N) is 1. The summed E-state index contributed by atoms with van der Waals surface area (Å²) in [6.07, 6.45) is 0. The topological polar surface area (TPSA) is 49.4 Å². The molecule has 1 aromatic carbocycles. The van der Waals surface area contributed by atoms with Gasteiger partial charge in [-0.15, -0.1) is 11.8 Å². The van der Waals surface area contributed by atoms with E-state index < -0.39 is 23.6 Å². The van der Waals surface area contributed by atoms with Crippen molar-refractivity contribution in [2.45, 2.75) is 19.9 Å². The molecule has 1 aliphatic heterocycles. The van der Waals surface area contributed by atoms with Crippen LogP contribution in [0.5, 0.6) is 0 Å². The second-order valence-electron chi connectivity index (χ2n) is 5.59. The van der Waals surface area contributed by atoms with Gasteiger partial charge in [0.05, 0.1) is 5.88 Å². The molecule has 22 heavy (non-hydrogen) atoms. The number of rotatable bonds is 4. The van der Waals surface area contributed by atoms with Gasteiger partial charge in [-0.2, -0.15) is 0 Å². The number of halogens is 2. The molecule has 1 aromatic rings. The van der Waals surface area contributed by atoms with Crippen molar-refractivity contribution in [2.24, 2.45) is 5.92 Å². The Balaban J connectivity index is 2.12. The van der Waals surface area contributed by atoms with Crippen molar-refractivity contribution < 1.29 is 18.4 Å². The minimum Gasteiger partial charge on any atom is -0.354 e. The zero-order valence-corrected chi connectivity index (χ0v) is 13.3. The lowest BCUT2D eigenvalue weighted by molar-refractivity contribution is -0.124. The van der Waals surface area contributed by atoms with Crippen LogP contribution in [0.25, 0.3) is 0 Å². The van der Waals surface area contributed by atoms with Gasteiger partial charge in [0.1, 0.15) is 17.7 Å². The molecule has 4 nitrogen and oxygen atoms in total. The molecule has 0 spiro atoms. The summed E-state index contributed by atoms with van der Waals surface area (Å²) in [5.74, 6) is -1.27. The highest BCUT2D eigenvalue weighted by molar-refractivity contribution is 7.99. The molecule has 0 saturated carbocycles. The molecular formula is C15H18F2N2O2S. The Kier molecular flexibility index (Phi) is 5.39. The van der Waals surface area contributed by atoms with Gasteiger partial charge in [0, 0.05) is 23.9 Å². The molecule has 0 radical (unpaired) electrons. The van der Waals surface area contributed by atoms with Crippen molar-refractivity contribution in [1.29, 1.82) is 0 Å². The summed E-state index contributed by atoms with van der Waals surface area (Å²) < 4.78 is 26.5. The lowest BCUT2D eigenvalue weighted by atomic mass is 10.1. The highest BCUT2D eigenvalue weighted by Crippen LogP contribution is 2.24. The first-order valence-corrected chi connectivity index (χ1v) is 8.16. The van der Waals surface area contributed by atoms with E-state index in [2.05, 4.69) is 5.32 Å². The normalized spacial score (nSPS) is 17.9. The van der Waals surface area contributed by atoms with E-state index in [4.69, 9.17) is 0 Å². The second kappa shape index (κ2) is 7.09. The Morgan fingerprint density at radius 2 is 1.95 bits per heavy atom. The van der Waals surface area contributed by atoms with Crippen LogP contribution < -0.4 is 5.32 Å². The fourth-order valence-corrected chi connectivity index (χ4v) is 3.28. The molecule has 1 aliphatic rings. The number of hydrogen-bond donors (Lipinski definition) is 1. The minimum atomic E-state index is -0.809. The quantitative estimate of drug-likeness (QED) is 0.922. The highest BCUT2D eigenvalue weighted by Gasteiger charge is 2.35. The molecule has 2 rings (SSSR count). The average Bonchev–Trinajstić information content (AvgIpc) is 2.92. The van der Waals surface area contributed by atoms with E-state index in [1.165, 1.54) is 16.7 Å². The highest BCUT2D eigenvalue weighted by atomic mass is 32.2. The zero-order valence-electron chi connectivity index (χ0n) is 12.4. The summed E-state index contributed by atoms with van der Waals surface area (Å²) in [5, 5.41) is 2.79. The van der Waals surface area contributed by atoms with E-state index in [9.17, 15) is 18.4 Å². The van der Waals surface area contributed by atoms with Crippen molar-refractivity contribution in [1.82, 2.24) is 10.2 Å². The van der Waals surface area contributed by atoms with E-state index >= 15 is 0 Å². The molecule has 0 bridgehead atoms. The summed E-state index contributed by atoms with van der Waals surface area (Å²) in [7, 11) is 0. The number of hydrogen-bond acceptors (Lipinski definition) is 3. The first-order chi connectivity index (χ1) is 10.4. The van der Waals surface area contributed by atoms with Gasteiger partial charge >= 0.3 is 0 Å². The van der Waals surface area contributed by atoms with Crippen molar-refractivity contribution in [3.63, 3.8) is 0 Å². The van der Waals surface area contributed by atoms with Crippen LogP contribution >= 0.6 is 11.8 Å². The number of carbonyl (C=O) groups excluding carboxylic acids is 2. The van der Waals surface area contributed by atoms with Gasteiger partial charge in [0.2, 0.25) is 5.91 Å². The number of nitrogens with one attached hydrogen (secondary N) is 1. The van der Waals surface area contributed by atoms with E-state index in [0.29, 0.717) is 30.2 Å². The Morgan fingerprint density at radius 1 is 1.32 bits per heavy atom. The number of benzene rings is 1. The molecule has 120 valence electrons. The van der Waals surface area contributed by atoms with Gasteiger partial charge in [-0.3, -0.25) is 9.59 Å². The molecule has 1 saturated heterocycles. The van der Waals surface area contributed by atoms with E-state index in [0.717, 1.165) is 12.1 Å². The van der Waals surface area contributed by atoms with Crippen LogP contribution in [0.1, 0.15) is 24.2 Å².